The topological polar surface area (TPSA) is 9.23 Å². The Morgan fingerprint density at radius 1 is 1.58 bits per heavy atom. The zero-order chi connectivity index (χ0) is 8.97. The Morgan fingerprint density at radius 3 is 2.83 bits per heavy atom. The van der Waals surface area contributed by atoms with Crippen LogP contribution in [0, 0.1) is 0 Å². The molecule has 0 bridgehead atoms. The van der Waals surface area contributed by atoms with E-state index >= 15 is 0 Å². The summed E-state index contributed by atoms with van der Waals surface area (Å²) in [6.07, 6.45) is 1.76. The van der Waals surface area contributed by atoms with Gasteiger partial charge in [0.05, 0.1) is 7.11 Å². The molecule has 0 saturated heterocycles. The lowest BCUT2D eigenvalue weighted by Gasteiger charge is -2.05. The van der Waals surface area contributed by atoms with Crippen LogP contribution in [-0.2, 0) is 5.88 Å². The average Bonchev–Trinajstić information content (AvgIpc) is 2.16. The fraction of sp³-hybridized carbons (Fsp3) is 0.200. The van der Waals surface area contributed by atoms with Gasteiger partial charge in [-0.05, 0) is 17.7 Å². The molecule has 0 N–H and O–H groups in total. The molecule has 12 heavy (non-hydrogen) atoms. The molecular weight excluding hydrogens is 172 g/mol. The van der Waals surface area contributed by atoms with Gasteiger partial charge in [-0.2, -0.15) is 0 Å². The van der Waals surface area contributed by atoms with Gasteiger partial charge in [-0.1, -0.05) is 18.7 Å². The van der Waals surface area contributed by atoms with Crippen molar-refractivity contribution in [2.45, 2.75) is 5.88 Å². The number of hydrogen-bond donors (Lipinski definition) is 0. The number of hydrogen-bond acceptors (Lipinski definition) is 1. The van der Waals surface area contributed by atoms with E-state index in [1.807, 2.05) is 18.2 Å². The molecule has 0 saturated carbocycles. The molecule has 1 rings (SSSR count). The summed E-state index contributed by atoms with van der Waals surface area (Å²) in [5, 5.41) is 0. The van der Waals surface area contributed by atoms with Crippen molar-refractivity contribution in [1.82, 2.24) is 0 Å². The fourth-order valence-corrected chi connectivity index (χ4v) is 1.19. The van der Waals surface area contributed by atoms with E-state index in [4.69, 9.17) is 16.3 Å². The molecule has 2 heteroatoms. The summed E-state index contributed by atoms with van der Waals surface area (Å²) in [6, 6.07) is 5.81. The monoisotopic (exact) mass is 182 g/mol. The summed E-state index contributed by atoms with van der Waals surface area (Å²) in [5.41, 5.74) is 2.06. The van der Waals surface area contributed by atoms with E-state index in [1.54, 1.807) is 13.2 Å². The van der Waals surface area contributed by atoms with E-state index in [1.165, 1.54) is 0 Å². The summed E-state index contributed by atoms with van der Waals surface area (Å²) in [7, 11) is 1.64. The molecule has 64 valence electrons. The molecular formula is C10H11ClO. The van der Waals surface area contributed by atoms with Gasteiger partial charge in [-0.25, -0.2) is 0 Å². The molecule has 1 nitrogen and oxygen atoms in total. The third-order valence-electron chi connectivity index (χ3n) is 1.67. The highest BCUT2D eigenvalue weighted by Crippen LogP contribution is 2.21. The van der Waals surface area contributed by atoms with Crippen molar-refractivity contribution >= 4 is 17.7 Å². The first-order valence-electron chi connectivity index (χ1n) is 3.67. The summed E-state index contributed by atoms with van der Waals surface area (Å²) in [5.74, 6) is 1.35. The fourth-order valence-electron chi connectivity index (χ4n) is 1.03. The highest BCUT2D eigenvalue weighted by molar-refractivity contribution is 6.17. The number of halogens is 1. The van der Waals surface area contributed by atoms with E-state index in [0.717, 1.165) is 16.9 Å². The molecule has 1 aromatic carbocycles. The molecule has 1 aromatic rings. The highest BCUT2D eigenvalue weighted by atomic mass is 35.5. The Bertz CT molecular complexity index is 281. The Morgan fingerprint density at radius 2 is 2.33 bits per heavy atom. The van der Waals surface area contributed by atoms with E-state index in [9.17, 15) is 0 Å². The first kappa shape index (κ1) is 9.14. The largest absolute Gasteiger partial charge is 0.496 e. The van der Waals surface area contributed by atoms with Crippen LogP contribution in [0.2, 0.25) is 0 Å². The minimum absolute atomic E-state index is 0.519. The van der Waals surface area contributed by atoms with Crippen molar-refractivity contribution < 1.29 is 4.74 Å². The Balaban J connectivity index is 3.10. The van der Waals surface area contributed by atoms with Crippen LogP contribution in [0.3, 0.4) is 0 Å². The van der Waals surface area contributed by atoms with E-state index in [2.05, 4.69) is 6.58 Å². The van der Waals surface area contributed by atoms with Gasteiger partial charge in [0.2, 0.25) is 0 Å². The van der Waals surface area contributed by atoms with Crippen LogP contribution in [-0.4, -0.2) is 7.11 Å². The van der Waals surface area contributed by atoms with E-state index in [-0.39, 0.29) is 0 Å². The molecule has 0 aliphatic carbocycles. The number of rotatable bonds is 3. The van der Waals surface area contributed by atoms with Gasteiger partial charge in [0.1, 0.15) is 5.75 Å². The maximum atomic E-state index is 5.68. The standard InChI is InChI=1S/C10H11ClO/c1-3-9-6-8(7-11)4-5-10(9)12-2/h3-6H,1,7H2,2H3. The van der Waals surface area contributed by atoms with Crippen LogP contribution in [0.1, 0.15) is 11.1 Å². The lowest BCUT2D eigenvalue weighted by Crippen LogP contribution is -1.88. The lowest BCUT2D eigenvalue weighted by atomic mass is 10.1. The van der Waals surface area contributed by atoms with Gasteiger partial charge in [-0.15, -0.1) is 11.6 Å². The van der Waals surface area contributed by atoms with Crippen molar-refractivity contribution in [3.8, 4) is 5.75 Å². The maximum Gasteiger partial charge on any atom is 0.126 e. The van der Waals surface area contributed by atoms with Crippen LogP contribution in [0.25, 0.3) is 6.08 Å². The minimum Gasteiger partial charge on any atom is -0.496 e. The third-order valence-corrected chi connectivity index (χ3v) is 1.98. The normalized spacial score (nSPS) is 9.50. The average molecular weight is 183 g/mol. The van der Waals surface area contributed by atoms with Crippen molar-refractivity contribution in [1.29, 1.82) is 0 Å². The van der Waals surface area contributed by atoms with Crippen LogP contribution in [0.5, 0.6) is 5.75 Å². The number of ether oxygens (including phenoxy) is 1. The summed E-state index contributed by atoms with van der Waals surface area (Å²) >= 11 is 5.68. The second-order valence-corrected chi connectivity index (χ2v) is 2.68. The van der Waals surface area contributed by atoms with Crippen LogP contribution in [0.4, 0.5) is 0 Å². The molecule has 0 fully saturated rings. The summed E-state index contributed by atoms with van der Waals surface area (Å²) in [4.78, 5) is 0. The zero-order valence-corrected chi connectivity index (χ0v) is 7.77. The molecule has 0 atom stereocenters. The summed E-state index contributed by atoms with van der Waals surface area (Å²) < 4.78 is 5.12. The van der Waals surface area contributed by atoms with Gasteiger partial charge in [0.15, 0.2) is 0 Å². The highest BCUT2D eigenvalue weighted by Gasteiger charge is 1.99. The Hall–Kier alpha value is -0.950. The van der Waals surface area contributed by atoms with Crippen molar-refractivity contribution in [3.05, 3.63) is 35.9 Å². The molecule has 0 aliphatic rings. The zero-order valence-electron chi connectivity index (χ0n) is 7.01. The predicted molar refractivity (Wildman–Crippen MR) is 52.6 cm³/mol. The maximum absolute atomic E-state index is 5.68. The van der Waals surface area contributed by atoms with Crippen molar-refractivity contribution in [3.63, 3.8) is 0 Å². The minimum atomic E-state index is 0.519. The van der Waals surface area contributed by atoms with Crippen LogP contribution in [0.15, 0.2) is 24.8 Å². The number of benzene rings is 1. The van der Waals surface area contributed by atoms with Gasteiger partial charge in [0.25, 0.3) is 0 Å². The van der Waals surface area contributed by atoms with Crippen molar-refractivity contribution in [2.75, 3.05) is 7.11 Å². The Labute approximate surface area is 77.6 Å². The Kier molecular flexibility index (Phi) is 3.18. The quantitative estimate of drug-likeness (QED) is 0.653. The van der Waals surface area contributed by atoms with E-state index in [0.29, 0.717) is 5.88 Å². The van der Waals surface area contributed by atoms with Gasteiger partial charge in [0, 0.05) is 11.4 Å². The number of alkyl halides is 1. The molecule has 0 unspecified atom stereocenters. The molecule has 0 aliphatic heterocycles. The van der Waals surface area contributed by atoms with Crippen molar-refractivity contribution in [2.24, 2.45) is 0 Å². The van der Waals surface area contributed by atoms with E-state index < -0.39 is 0 Å². The summed E-state index contributed by atoms with van der Waals surface area (Å²) in [6.45, 7) is 3.69. The number of methoxy groups -OCH3 is 1. The smallest absolute Gasteiger partial charge is 0.126 e. The first-order chi connectivity index (χ1) is 5.81. The molecule has 0 spiro atoms. The molecule has 0 radical (unpaired) electrons. The van der Waals surface area contributed by atoms with Gasteiger partial charge < -0.3 is 4.74 Å². The molecule has 0 heterocycles. The predicted octanol–water partition coefficient (Wildman–Crippen LogP) is 3.08. The van der Waals surface area contributed by atoms with Crippen LogP contribution >= 0.6 is 11.6 Å². The molecule has 0 aromatic heterocycles. The van der Waals surface area contributed by atoms with Gasteiger partial charge in [-0.3, -0.25) is 0 Å². The van der Waals surface area contributed by atoms with Gasteiger partial charge >= 0.3 is 0 Å². The first-order valence-corrected chi connectivity index (χ1v) is 4.20. The second-order valence-electron chi connectivity index (χ2n) is 2.41. The SMILES string of the molecule is C=Cc1cc(CCl)ccc1OC. The third kappa shape index (κ3) is 1.80. The lowest BCUT2D eigenvalue weighted by molar-refractivity contribution is 0.414. The molecule has 0 amide bonds. The second kappa shape index (κ2) is 4.17. The van der Waals surface area contributed by atoms with Crippen LogP contribution < -0.4 is 4.74 Å².